The SMILES string of the molecule is CC(C)(C)C1CCCNC1.COC=O. The Morgan fingerprint density at radius 1 is 1.43 bits per heavy atom. The van der Waals surface area contributed by atoms with Gasteiger partial charge in [-0.15, -0.1) is 0 Å². The minimum absolute atomic E-state index is 0.375. The first-order chi connectivity index (χ1) is 6.52. The molecule has 0 aromatic carbocycles. The summed E-state index contributed by atoms with van der Waals surface area (Å²) in [6.45, 7) is 9.84. The fraction of sp³-hybridized carbons (Fsp3) is 0.909. The van der Waals surface area contributed by atoms with Gasteiger partial charge in [0.05, 0.1) is 7.11 Å². The lowest BCUT2D eigenvalue weighted by molar-refractivity contribution is -0.126. The molecule has 1 atom stereocenters. The van der Waals surface area contributed by atoms with Crippen molar-refractivity contribution in [2.45, 2.75) is 33.6 Å². The Morgan fingerprint density at radius 2 is 2.00 bits per heavy atom. The van der Waals surface area contributed by atoms with E-state index in [1.807, 2.05) is 0 Å². The van der Waals surface area contributed by atoms with E-state index >= 15 is 0 Å². The van der Waals surface area contributed by atoms with Crippen LogP contribution in [0.3, 0.4) is 0 Å². The van der Waals surface area contributed by atoms with E-state index < -0.39 is 0 Å². The molecule has 84 valence electrons. The van der Waals surface area contributed by atoms with Gasteiger partial charge in [0.15, 0.2) is 0 Å². The van der Waals surface area contributed by atoms with E-state index in [0.717, 1.165) is 5.92 Å². The monoisotopic (exact) mass is 201 g/mol. The smallest absolute Gasteiger partial charge is 0.292 e. The lowest BCUT2D eigenvalue weighted by atomic mass is 9.77. The molecule has 1 heterocycles. The lowest BCUT2D eigenvalue weighted by Gasteiger charge is -2.34. The van der Waals surface area contributed by atoms with Gasteiger partial charge in [-0.2, -0.15) is 0 Å². The van der Waals surface area contributed by atoms with E-state index in [1.165, 1.54) is 33.0 Å². The first kappa shape index (κ1) is 13.4. The minimum atomic E-state index is 0.375. The molecule has 0 radical (unpaired) electrons. The topological polar surface area (TPSA) is 38.3 Å². The Balaban J connectivity index is 0.000000364. The molecule has 0 amide bonds. The summed E-state index contributed by atoms with van der Waals surface area (Å²) in [6.07, 6.45) is 2.78. The second kappa shape index (κ2) is 6.82. The highest BCUT2D eigenvalue weighted by molar-refractivity contribution is 5.36. The molecule has 1 aliphatic rings. The standard InChI is InChI=1S/C9H19N.C2H4O2/c1-9(2,3)8-5-4-6-10-7-8;1-4-2-3/h8,10H,4-7H2,1-3H3;2H,1H3. The third kappa shape index (κ3) is 5.97. The Morgan fingerprint density at radius 3 is 2.21 bits per heavy atom. The van der Waals surface area contributed by atoms with E-state index in [0.29, 0.717) is 11.9 Å². The van der Waals surface area contributed by atoms with Gasteiger partial charge in [-0.3, -0.25) is 4.79 Å². The summed E-state index contributed by atoms with van der Waals surface area (Å²) in [4.78, 5) is 8.95. The summed E-state index contributed by atoms with van der Waals surface area (Å²) >= 11 is 0. The van der Waals surface area contributed by atoms with E-state index in [2.05, 4.69) is 30.8 Å². The van der Waals surface area contributed by atoms with Gasteiger partial charge in [-0.25, -0.2) is 0 Å². The number of nitrogens with one attached hydrogen (secondary N) is 1. The lowest BCUT2D eigenvalue weighted by Crippen LogP contribution is -2.36. The maximum Gasteiger partial charge on any atom is 0.292 e. The zero-order valence-corrected chi connectivity index (χ0v) is 9.80. The zero-order chi connectivity index (χ0) is 11.0. The molecule has 1 unspecified atom stereocenters. The van der Waals surface area contributed by atoms with Crippen molar-refractivity contribution in [3.05, 3.63) is 0 Å². The highest BCUT2D eigenvalue weighted by atomic mass is 16.5. The maximum absolute atomic E-state index is 8.95. The van der Waals surface area contributed by atoms with Crippen LogP contribution >= 0.6 is 0 Å². The molecule has 0 bridgehead atoms. The predicted molar refractivity (Wildman–Crippen MR) is 58.1 cm³/mol. The molecule has 0 saturated carbocycles. The normalized spacial score (nSPS) is 21.9. The molecule has 0 aromatic heterocycles. The average Bonchev–Trinajstić information content (AvgIpc) is 2.18. The van der Waals surface area contributed by atoms with E-state index in [9.17, 15) is 0 Å². The first-order valence-electron chi connectivity index (χ1n) is 5.19. The largest absolute Gasteiger partial charge is 0.471 e. The molecule has 1 aliphatic heterocycles. The summed E-state index contributed by atoms with van der Waals surface area (Å²) in [5.41, 5.74) is 0.507. The number of rotatable bonds is 1. The van der Waals surface area contributed by atoms with Gasteiger partial charge in [0.2, 0.25) is 0 Å². The van der Waals surface area contributed by atoms with Gasteiger partial charge >= 0.3 is 0 Å². The average molecular weight is 201 g/mol. The Labute approximate surface area is 87.2 Å². The molecule has 1 saturated heterocycles. The highest BCUT2D eigenvalue weighted by Crippen LogP contribution is 2.30. The quantitative estimate of drug-likeness (QED) is 0.658. The summed E-state index contributed by atoms with van der Waals surface area (Å²) in [7, 11) is 1.31. The second-order valence-electron chi connectivity index (χ2n) is 4.74. The van der Waals surface area contributed by atoms with Crippen LogP contribution in [-0.4, -0.2) is 26.7 Å². The van der Waals surface area contributed by atoms with Crippen molar-refractivity contribution in [1.29, 1.82) is 0 Å². The molecular weight excluding hydrogens is 178 g/mol. The third-order valence-electron chi connectivity index (χ3n) is 2.62. The van der Waals surface area contributed by atoms with Crippen LogP contribution in [0.25, 0.3) is 0 Å². The number of carbonyl (C=O) groups is 1. The minimum Gasteiger partial charge on any atom is -0.471 e. The van der Waals surface area contributed by atoms with E-state index in [-0.39, 0.29) is 0 Å². The molecule has 3 nitrogen and oxygen atoms in total. The van der Waals surface area contributed by atoms with E-state index in [1.54, 1.807) is 0 Å². The fourth-order valence-corrected chi connectivity index (χ4v) is 1.59. The molecule has 1 fully saturated rings. The summed E-state index contributed by atoms with van der Waals surface area (Å²) in [5.74, 6) is 0.890. The van der Waals surface area contributed by atoms with Crippen molar-refractivity contribution in [2.24, 2.45) is 11.3 Å². The molecule has 1 N–H and O–H groups in total. The molecular formula is C11H23NO2. The van der Waals surface area contributed by atoms with Crippen LogP contribution < -0.4 is 5.32 Å². The van der Waals surface area contributed by atoms with Gasteiger partial charge in [0, 0.05) is 0 Å². The molecule has 1 rings (SSSR count). The van der Waals surface area contributed by atoms with Crippen LogP contribution in [0.5, 0.6) is 0 Å². The van der Waals surface area contributed by atoms with Gasteiger partial charge in [0.1, 0.15) is 0 Å². The van der Waals surface area contributed by atoms with Gasteiger partial charge < -0.3 is 10.1 Å². The molecule has 0 aromatic rings. The van der Waals surface area contributed by atoms with Gasteiger partial charge in [0.25, 0.3) is 6.47 Å². The predicted octanol–water partition coefficient (Wildman–Crippen LogP) is 1.82. The molecule has 0 aliphatic carbocycles. The van der Waals surface area contributed by atoms with Crippen LogP contribution in [-0.2, 0) is 9.53 Å². The van der Waals surface area contributed by atoms with Crippen LogP contribution in [0.4, 0.5) is 0 Å². The summed E-state index contributed by atoms with van der Waals surface area (Å²) in [6, 6.07) is 0. The van der Waals surface area contributed by atoms with Crippen molar-refractivity contribution in [3.63, 3.8) is 0 Å². The van der Waals surface area contributed by atoms with Gasteiger partial charge in [-0.05, 0) is 37.3 Å². The fourth-order valence-electron chi connectivity index (χ4n) is 1.59. The highest BCUT2D eigenvalue weighted by Gasteiger charge is 2.25. The van der Waals surface area contributed by atoms with Crippen molar-refractivity contribution in [2.75, 3.05) is 20.2 Å². The number of hydrogen-bond donors (Lipinski definition) is 1. The Hall–Kier alpha value is -0.570. The van der Waals surface area contributed by atoms with Gasteiger partial charge in [-0.1, -0.05) is 20.8 Å². The van der Waals surface area contributed by atoms with Crippen LogP contribution in [0, 0.1) is 11.3 Å². The van der Waals surface area contributed by atoms with Crippen molar-refractivity contribution in [1.82, 2.24) is 5.32 Å². The van der Waals surface area contributed by atoms with Crippen LogP contribution in [0.15, 0.2) is 0 Å². The van der Waals surface area contributed by atoms with Crippen molar-refractivity contribution in [3.8, 4) is 0 Å². The van der Waals surface area contributed by atoms with Crippen LogP contribution in [0.1, 0.15) is 33.6 Å². The Bertz CT molecular complexity index is 146. The molecule has 3 heteroatoms. The number of methoxy groups -OCH3 is 1. The number of hydrogen-bond acceptors (Lipinski definition) is 3. The maximum atomic E-state index is 8.95. The van der Waals surface area contributed by atoms with Crippen molar-refractivity contribution < 1.29 is 9.53 Å². The van der Waals surface area contributed by atoms with Crippen molar-refractivity contribution >= 4 is 6.47 Å². The zero-order valence-electron chi connectivity index (χ0n) is 9.80. The van der Waals surface area contributed by atoms with E-state index in [4.69, 9.17) is 4.79 Å². The first-order valence-corrected chi connectivity index (χ1v) is 5.19. The number of carbonyl (C=O) groups excluding carboxylic acids is 1. The third-order valence-corrected chi connectivity index (χ3v) is 2.62. The second-order valence-corrected chi connectivity index (χ2v) is 4.74. The van der Waals surface area contributed by atoms with Crippen LogP contribution in [0.2, 0.25) is 0 Å². The Kier molecular flexibility index (Phi) is 6.54. The molecule has 14 heavy (non-hydrogen) atoms. The molecule has 0 spiro atoms. The summed E-state index contributed by atoms with van der Waals surface area (Å²) < 4.78 is 3.86. The number of ether oxygens (including phenoxy) is 1. The number of piperidine rings is 1. The summed E-state index contributed by atoms with van der Waals surface area (Å²) in [5, 5.41) is 3.44.